The number of phenolic OH excluding ortho intramolecular Hbond substituents is 1. The quantitative estimate of drug-likeness (QED) is 0.394. The zero-order valence-electron chi connectivity index (χ0n) is 21.0. The number of carbonyl (C=O) groups excluding carboxylic acids is 1. The van der Waals surface area contributed by atoms with Crippen LogP contribution in [0.15, 0.2) is 91.5 Å². The third-order valence-corrected chi connectivity index (χ3v) is 6.75. The monoisotopic (exact) mass is 485 g/mol. The molecule has 4 rings (SSSR count). The minimum atomic E-state index is -0.504. The van der Waals surface area contributed by atoms with Crippen molar-refractivity contribution in [2.75, 3.05) is 25.0 Å². The van der Waals surface area contributed by atoms with E-state index in [1.54, 1.807) is 6.07 Å². The highest BCUT2D eigenvalue weighted by Crippen LogP contribution is 2.38. The lowest BCUT2D eigenvalue weighted by atomic mass is 9.92. The van der Waals surface area contributed by atoms with E-state index in [0.29, 0.717) is 11.7 Å². The van der Waals surface area contributed by atoms with Crippen LogP contribution < -0.4 is 5.32 Å². The van der Waals surface area contributed by atoms with Crippen LogP contribution in [0, 0.1) is 0 Å². The molecule has 0 aromatic heterocycles. The predicted octanol–water partition coefficient (Wildman–Crippen LogP) is 5.81. The first-order valence-electron chi connectivity index (χ1n) is 12.4. The molecule has 1 aliphatic heterocycles. The Hall–Kier alpha value is -3.61. The van der Waals surface area contributed by atoms with E-state index in [1.807, 2.05) is 78.9 Å². The standard InChI is InChI=1S/C30H35N3O3/c1-4-17-32-19-23(3)33(20-22(32)2)29(27-15-8-9-16-28(27)34)25-13-10-14-26(18-25)31-30(35)36-21-24-11-6-5-7-12-24/h4-16,18,22-23,29,34H,1,17,19-21H2,2-3H3,(H,31,35)/t22-,23+,29+/m0/s1. The van der Waals surface area contributed by atoms with E-state index in [4.69, 9.17) is 4.74 Å². The number of rotatable bonds is 8. The average Bonchev–Trinajstić information content (AvgIpc) is 2.88. The van der Waals surface area contributed by atoms with Gasteiger partial charge >= 0.3 is 6.09 Å². The maximum Gasteiger partial charge on any atom is 0.411 e. The second-order valence-electron chi connectivity index (χ2n) is 9.41. The molecule has 1 heterocycles. The Labute approximate surface area is 213 Å². The molecule has 1 amide bonds. The van der Waals surface area contributed by atoms with Gasteiger partial charge in [-0.25, -0.2) is 4.79 Å². The number of nitrogens with zero attached hydrogens (tertiary/aromatic N) is 2. The molecule has 6 heteroatoms. The summed E-state index contributed by atoms with van der Waals surface area (Å²) in [6.45, 7) is 11.2. The largest absolute Gasteiger partial charge is 0.508 e. The van der Waals surface area contributed by atoms with Gasteiger partial charge in [-0.1, -0.05) is 66.7 Å². The van der Waals surface area contributed by atoms with Crippen molar-refractivity contribution in [3.8, 4) is 5.75 Å². The van der Waals surface area contributed by atoms with Crippen molar-refractivity contribution >= 4 is 11.8 Å². The molecule has 3 atom stereocenters. The number of carbonyl (C=O) groups is 1. The Morgan fingerprint density at radius 3 is 2.56 bits per heavy atom. The Kier molecular flexibility index (Phi) is 8.41. The molecule has 36 heavy (non-hydrogen) atoms. The number of ether oxygens (including phenoxy) is 1. The molecule has 0 unspecified atom stereocenters. The highest BCUT2D eigenvalue weighted by atomic mass is 16.5. The number of piperazine rings is 1. The molecule has 3 aromatic carbocycles. The van der Waals surface area contributed by atoms with Gasteiger partial charge in [-0.3, -0.25) is 15.1 Å². The highest BCUT2D eigenvalue weighted by molar-refractivity contribution is 5.84. The van der Waals surface area contributed by atoms with Crippen molar-refractivity contribution in [1.29, 1.82) is 0 Å². The molecule has 6 nitrogen and oxygen atoms in total. The molecule has 1 aliphatic rings. The molecule has 188 valence electrons. The van der Waals surface area contributed by atoms with E-state index in [1.165, 1.54) is 0 Å². The number of hydrogen-bond donors (Lipinski definition) is 2. The molecule has 0 radical (unpaired) electrons. The van der Waals surface area contributed by atoms with E-state index in [0.717, 1.165) is 36.3 Å². The van der Waals surface area contributed by atoms with Crippen LogP contribution in [0.5, 0.6) is 5.75 Å². The summed E-state index contributed by atoms with van der Waals surface area (Å²) in [6.07, 6.45) is 1.45. The van der Waals surface area contributed by atoms with E-state index >= 15 is 0 Å². The third-order valence-electron chi connectivity index (χ3n) is 6.75. The van der Waals surface area contributed by atoms with Crippen LogP contribution in [-0.4, -0.2) is 52.7 Å². The van der Waals surface area contributed by atoms with Crippen LogP contribution in [0.3, 0.4) is 0 Å². The summed E-state index contributed by atoms with van der Waals surface area (Å²) in [7, 11) is 0. The van der Waals surface area contributed by atoms with Crippen molar-refractivity contribution < 1.29 is 14.6 Å². The lowest BCUT2D eigenvalue weighted by Crippen LogP contribution is -2.57. The second kappa shape index (κ2) is 11.9. The van der Waals surface area contributed by atoms with E-state index in [9.17, 15) is 9.90 Å². The molecular formula is C30H35N3O3. The fourth-order valence-corrected chi connectivity index (χ4v) is 4.94. The smallest absolute Gasteiger partial charge is 0.411 e. The molecule has 0 saturated carbocycles. The van der Waals surface area contributed by atoms with Crippen molar-refractivity contribution in [1.82, 2.24) is 9.80 Å². The van der Waals surface area contributed by atoms with E-state index < -0.39 is 6.09 Å². The first kappa shape index (κ1) is 25.5. The molecular weight excluding hydrogens is 450 g/mol. The van der Waals surface area contributed by atoms with Crippen LogP contribution >= 0.6 is 0 Å². The molecule has 0 bridgehead atoms. The van der Waals surface area contributed by atoms with Crippen molar-refractivity contribution in [2.24, 2.45) is 0 Å². The van der Waals surface area contributed by atoms with Crippen LogP contribution in [0.4, 0.5) is 10.5 Å². The van der Waals surface area contributed by atoms with E-state index in [-0.39, 0.29) is 24.4 Å². The van der Waals surface area contributed by atoms with Gasteiger partial charge in [0.05, 0.1) is 6.04 Å². The predicted molar refractivity (Wildman–Crippen MR) is 144 cm³/mol. The van der Waals surface area contributed by atoms with Gasteiger partial charge in [-0.15, -0.1) is 6.58 Å². The van der Waals surface area contributed by atoms with Crippen molar-refractivity contribution in [2.45, 2.75) is 38.6 Å². The zero-order valence-corrected chi connectivity index (χ0v) is 21.0. The lowest BCUT2D eigenvalue weighted by molar-refractivity contribution is 0.0301. The molecule has 1 saturated heterocycles. The molecule has 3 aromatic rings. The SMILES string of the molecule is C=CCN1C[C@@H](C)N([C@H](c2cccc(NC(=O)OCc3ccccc3)c2)c2ccccc2O)C[C@@H]1C. The number of hydrogen-bond acceptors (Lipinski definition) is 5. The van der Waals surface area contributed by atoms with Crippen LogP contribution in [-0.2, 0) is 11.3 Å². The lowest BCUT2D eigenvalue weighted by Gasteiger charge is -2.47. The summed E-state index contributed by atoms with van der Waals surface area (Å²) < 4.78 is 5.40. The zero-order chi connectivity index (χ0) is 25.5. The van der Waals surface area contributed by atoms with Crippen LogP contribution in [0.1, 0.15) is 36.6 Å². The third kappa shape index (κ3) is 6.14. The fourth-order valence-electron chi connectivity index (χ4n) is 4.94. The van der Waals surface area contributed by atoms with Gasteiger partial charge in [-0.05, 0) is 43.2 Å². The summed E-state index contributed by atoms with van der Waals surface area (Å²) >= 11 is 0. The summed E-state index contributed by atoms with van der Waals surface area (Å²) in [5.41, 5.74) is 3.42. The Bertz CT molecular complexity index is 1170. The van der Waals surface area contributed by atoms with Gasteiger partial charge < -0.3 is 9.84 Å². The van der Waals surface area contributed by atoms with Crippen LogP contribution in [0.2, 0.25) is 0 Å². The maximum absolute atomic E-state index is 12.5. The molecule has 2 N–H and O–H groups in total. The summed E-state index contributed by atoms with van der Waals surface area (Å²) in [6, 6.07) is 25.3. The topological polar surface area (TPSA) is 65.0 Å². The van der Waals surface area contributed by atoms with Gasteiger partial charge in [0.15, 0.2) is 0 Å². The first-order valence-corrected chi connectivity index (χ1v) is 12.4. The first-order chi connectivity index (χ1) is 17.5. The number of amides is 1. The minimum absolute atomic E-state index is 0.170. The highest BCUT2D eigenvalue weighted by Gasteiger charge is 2.35. The fraction of sp³-hybridized carbons (Fsp3) is 0.300. The van der Waals surface area contributed by atoms with E-state index in [2.05, 4.69) is 35.5 Å². The summed E-state index contributed by atoms with van der Waals surface area (Å²) in [5, 5.41) is 13.7. The number of para-hydroxylation sites is 1. The van der Waals surface area contributed by atoms with Gasteiger partial charge in [0.1, 0.15) is 12.4 Å². The normalized spacial score (nSPS) is 19.4. The minimum Gasteiger partial charge on any atom is -0.508 e. The molecule has 0 spiro atoms. The van der Waals surface area contributed by atoms with Crippen LogP contribution in [0.25, 0.3) is 0 Å². The Balaban J connectivity index is 1.58. The Morgan fingerprint density at radius 1 is 1.06 bits per heavy atom. The van der Waals surface area contributed by atoms with Gasteiger partial charge in [0.2, 0.25) is 0 Å². The average molecular weight is 486 g/mol. The summed E-state index contributed by atoms with van der Waals surface area (Å²) in [4.78, 5) is 17.4. The second-order valence-corrected chi connectivity index (χ2v) is 9.41. The number of aromatic hydroxyl groups is 1. The number of anilines is 1. The van der Waals surface area contributed by atoms with Gasteiger partial charge in [-0.2, -0.15) is 0 Å². The molecule has 1 fully saturated rings. The maximum atomic E-state index is 12.5. The number of nitrogens with one attached hydrogen (secondary N) is 1. The number of phenols is 1. The number of benzene rings is 3. The summed E-state index contributed by atoms with van der Waals surface area (Å²) in [5.74, 6) is 0.261. The van der Waals surface area contributed by atoms with Gasteiger partial charge in [0, 0.05) is 43.0 Å². The van der Waals surface area contributed by atoms with Crippen molar-refractivity contribution in [3.05, 3.63) is 108 Å². The molecule has 0 aliphatic carbocycles. The van der Waals surface area contributed by atoms with Gasteiger partial charge in [0.25, 0.3) is 0 Å². The van der Waals surface area contributed by atoms with Crippen molar-refractivity contribution in [3.63, 3.8) is 0 Å². The Morgan fingerprint density at radius 2 is 1.81 bits per heavy atom.